The summed E-state index contributed by atoms with van der Waals surface area (Å²) in [6.45, 7) is 0. The molecule has 0 spiro atoms. The van der Waals surface area contributed by atoms with Crippen molar-refractivity contribution in [1.29, 1.82) is 0 Å². The van der Waals surface area contributed by atoms with Gasteiger partial charge < -0.3 is 8.98 Å². The van der Waals surface area contributed by atoms with E-state index in [0.717, 1.165) is 33.1 Å². The number of nitrogens with zero attached hydrogens (tertiary/aromatic N) is 2. The molecule has 0 saturated heterocycles. The molecule has 8 aromatic carbocycles. The normalized spacial score (nSPS) is 12.2. The van der Waals surface area contributed by atoms with E-state index in [9.17, 15) is 0 Å². The zero-order valence-corrected chi connectivity index (χ0v) is 25.8. The lowest BCUT2D eigenvalue weighted by atomic mass is 9.93. The van der Waals surface area contributed by atoms with Crippen LogP contribution in [0.2, 0.25) is 0 Å². The predicted octanol–water partition coefficient (Wildman–Crippen LogP) is 12.4. The topological polar surface area (TPSA) is 31.0 Å². The number of pyridine rings is 1. The Kier molecular flexibility index (Phi) is 5.11. The van der Waals surface area contributed by atoms with Gasteiger partial charge in [0.25, 0.3) is 0 Å². The van der Waals surface area contributed by atoms with Crippen molar-refractivity contribution in [2.45, 2.75) is 0 Å². The first kappa shape index (κ1) is 25.7. The van der Waals surface area contributed by atoms with E-state index >= 15 is 0 Å². The zero-order chi connectivity index (χ0) is 31.3. The number of benzene rings is 8. The molecule has 48 heavy (non-hydrogen) atoms. The molecule has 0 fully saturated rings. The molecule has 0 saturated carbocycles. The third-order valence-corrected chi connectivity index (χ3v) is 10.2. The van der Waals surface area contributed by atoms with Crippen LogP contribution in [-0.4, -0.2) is 9.55 Å². The molecule has 3 aromatic heterocycles. The van der Waals surface area contributed by atoms with Crippen LogP contribution in [0.15, 0.2) is 162 Å². The highest BCUT2D eigenvalue weighted by molar-refractivity contribution is 6.28. The summed E-state index contributed by atoms with van der Waals surface area (Å²) in [5, 5.41) is 14.5. The van der Waals surface area contributed by atoms with Crippen molar-refractivity contribution in [1.82, 2.24) is 9.55 Å². The summed E-state index contributed by atoms with van der Waals surface area (Å²) in [5.41, 5.74) is 6.96. The Morgan fingerprint density at radius 3 is 1.79 bits per heavy atom. The summed E-state index contributed by atoms with van der Waals surface area (Å²) >= 11 is 0. The van der Waals surface area contributed by atoms with Crippen LogP contribution in [0.3, 0.4) is 0 Å². The summed E-state index contributed by atoms with van der Waals surface area (Å²) < 4.78 is 8.94. The standard InChI is InChI=1S/C45H26N2O/c1-2-12-29-27(10-1)11-9-19-41(29)47-42-18-8-7-17-34(42)35-21-20-28(24-43(35)47)40-23-22-36-39-25-37-32-15-5-3-13-30(32)31-14-4-6-16-33(31)38(37)26-44(39)48-45(36)46-40/h1-26H. The zero-order valence-electron chi connectivity index (χ0n) is 25.8. The van der Waals surface area contributed by atoms with Gasteiger partial charge in [-0.15, -0.1) is 0 Å². The fraction of sp³-hybridized carbons (Fsp3) is 0. The second kappa shape index (κ2) is 9.54. The molecule has 0 bridgehead atoms. The van der Waals surface area contributed by atoms with Crippen molar-refractivity contribution in [3.05, 3.63) is 158 Å². The Labute approximate surface area is 274 Å². The van der Waals surface area contributed by atoms with Crippen LogP contribution in [0.25, 0.3) is 104 Å². The predicted molar refractivity (Wildman–Crippen MR) is 201 cm³/mol. The quantitative estimate of drug-likeness (QED) is 0.182. The molecule has 0 amide bonds. The van der Waals surface area contributed by atoms with Crippen molar-refractivity contribution in [3.8, 4) is 16.9 Å². The number of para-hydroxylation sites is 1. The first-order valence-corrected chi connectivity index (χ1v) is 16.4. The molecular weight excluding hydrogens is 585 g/mol. The molecule has 0 N–H and O–H groups in total. The second-order valence-electron chi connectivity index (χ2n) is 12.7. The van der Waals surface area contributed by atoms with Gasteiger partial charge in [-0.05, 0) is 80.2 Å². The Morgan fingerprint density at radius 1 is 0.396 bits per heavy atom. The molecule has 222 valence electrons. The van der Waals surface area contributed by atoms with E-state index in [1.165, 1.54) is 65.1 Å². The Morgan fingerprint density at radius 2 is 1.00 bits per heavy atom. The second-order valence-corrected chi connectivity index (χ2v) is 12.7. The van der Waals surface area contributed by atoms with Crippen LogP contribution in [0.4, 0.5) is 0 Å². The third kappa shape index (κ3) is 3.50. The number of rotatable bonds is 2. The van der Waals surface area contributed by atoms with Gasteiger partial charge in [-0.25, -0.2) is 4.98 Å². The average molecular weight is 611 g/mol. The van der Waals surface area contributed by atoms with Crippen LogP contribution in [-0.2, 0) is 0 Å². The van der Waals surface area contributed by atoms with E-state index in [0.29, 0.717) is 5.71 Å². The minimum atomic E-state index is 0.654. The lowest BCUT2D eigenvalue weighted by Crippen LogP contribution is -1.95. The Hall–Kier alpha value is -6.45. The minimum absolute atomic E-state index is 0.654. The number of furan rings is 1. The Bertz CT molecular complexity index is 3120. The molecule has 0 unspecified atom stereocenters. The lowest BCUT2D eigenvalue weighted by Gasteiger charge is -2.12. The summed E-state index contributed by atoms with van der Waals surface area (Å²) in [5.74, 6) is 0. The van der Waals surface area contributed by atoms with E-state index in [1.54, 1.807) is 0 Å². The SMILES string of the molecule is c1ccc2c(-n3c4ccccc4c4ccc(-c5ccc6c(n5)oc5cc7c8ccccc8c8ccccc8c7cc56)cc43)cccc2c1. The van der Waals surface area contributed by atoms with Crippen molar-refractivity contribution < 1.29 is 4.42 Å². The maximum Gasteiger partial charge on any atom is 0.227 e. The van der Waals surface area contributed by atoms with Gasteiger partial charge in [-0.2, -0.15) is 0 Å². The van der Waals surface area contributed by atoms with E-state index in [1.807, 2.05) is 0 Å². The molecule has 3 heteroatoms. The van der Waals surface area contributed by atoms with Crippen molar-refractivity contribution in [3.63, 3.8) is 0 Å². The van der Waals surface area contributed by atoms with Crippen LogP contribution in [0.1, 0.15) is 0 Å². The number of hydrogen-bond donors (Lipinski definition) is 0. The highest BCUT2D eigenvalue weighted by Gasteiger charge is 2.17. The molecule has 3 heterocycles. The van der Waals surface area contributed by atoms with Crippen LogP contribution >= 0.6 is 0 Å². The molecule has 11 rings (SSSR count). The first-order chi connectivity index (χ1) is 23.8. The van der Waals surface area contributed by atoms with Gasteiger partial charge in [0.05, 0.1) is 22.4 Å². The van der Waals surface area contributed by atoms with Gasteiger partial charge in [-0.3, -0.25) is 0 Å². The molecule has 0 aliphatic rings. The lowest BCUT2D eigenvalue weighted by molar-refractivity contribution is 0.655. The van der Waals surface area contributed by atoms with E-state index in [-0.39, 0.29) is 0 Å². The van der Waals surface area contributed by atoms with Gasteiger partial charge >= 0.3 is 0 Å². The van der Waals surface area contributed by atoms with Gasteiger partial charge in [0.15, 0.2) is 0 Å². The van der Waals surface area contributed by atoms with Crippen LogP contribution in [0.5, 0.6) is 0 Å². The number of aromatic nitrogens is 2. The van der Waals surface area contributed by atoms with Gasteiger partial charge in [0.2, 0.25) is 5.71 Å². The summed E-state index contributed by atoms with van der Waals surface area (Å²) in [6, 6.07) is 56.7. The maximum absolute atomic E-state index is 6.54. The first-order valence-electron chi connectivity index (χ1n) is 16.4. The Balaban J connectivity index is 1.14. The van der Waals surface area contributed by atoms with Crippen molar-refractivity contribution in [2.24, 2.45) is 0 Å². The molecule has 11 aromatic rings. The smallest absolute Gasteiger partial charge is 0.227 e. The van der Waals surface area contributed by atoms with Crippen molar-refractivity contribution in [2.75, 3.05) is 0 Å². The van der Waals surface area contributed by atoms with Crippen LogP contribution in [0, 0.1) is 0 Å². The van der Waals surface area contributed by atoms with Gasteiger partial charge in [-0.1, -0.05) is 115 Å². The summed E-state index contributed by atoms with van der Waals surface area (Å²) in [7, 11) is 0. The number of fused-ring (bicyclic) bond motifs is 13. The third-order valence-electron chi connectivity index (χ3n) is 10.2. The summed E-state index contributed by atoms with van der Waals surface area (Å²) in [6.07, 6.45) is 0. The molecular formula is C45H26N2O. The van der Waals surface area contributed by atoms with Gasteiger partial charge in [0.1, 0.15) is 5.58 Å². The highest BCUT2D eigenvalue weighted by Crippen LogP contribution is 2.41. The minimum Gasteiger partial charge on any atom is -0.438 e. The number of hydrogen-bond acceptors (Lipinski definition) is 2. The largest absolute Gasteiger partial charge is 0.438 e. The average Bonchev–Trinajstić information content (AvgIpc) is 3.68. The molecule has 0 aliphatic carbocycles. The molecule has 0 atom stereocenters. The van der Waals surface area contributed by atoms with Crippen LogP contribution < -0.4 is 0 Å². The van der Waals surface area contributed by atoms with E-state index < -0.39 is 0 Å². The van der Waals surface area contributed by atoms with E-state index in [4.69, 9.17) is 9.40 Å². The summed E-state index contributed by atoms with van der Waals surface area (Å²) in [4.78, 5) is 5.14. The van der Waals surface area contributed by atoms with Gasteiger partial charge in [0, 0.05) is 32.5 Å². The fourth-order valence-electron chi connectivity index (χ4n) is 8.01. The van der Waals surface area contributed by atoms with Crippen molar-refractivity contribution >= 4 is 87.0 Å². The molecule has 3 nitrogen and oxygen atoms in total. The fourth-order valence-corrected chi connectivity index (χ4v) is 8.01. The monoisotopic (exact) mass is 610 g/mol. The highest BCUT2D eigenvalue weighted by atomic mass is 16.3. The molecule has 0 radical (unpaired) electrons. The maximum atomic E-state index is 6.54. The van der Waals surface area contributed by atoms with E-state index in [2.05, 4.69) is 162 Å². The molecule has 0 aliphatic heterocycles.